The highest BCUT2D eigenvalue weighted by molar-refractivity contribution is 8.03. The predicted molar refractivity (Wildman–Crippen MR) is 442 cm³/mol. The van der Waals surface area contributed by atoms with Crippen molar-refractivity contribution in [1.29, 1.82) is 5.26 Å². The SMILES string of the molecule is CC(=O)C(N)=O.N.N#CSc1ccc2c(c1)OCO2.NC(=O)c1nnc(-c2cc3c(cc2O)OCCC3)n1-c1ccc2c(c1)OCO2.O=C(CCCl)c1ccc(O)cc1O.O=C(O)CCCl.O=C1CCOc2cc(O)ccc21.Oc1cc2c(cc1C(=S)Nc1ccc3c(c1)OCO3)CCCO2.Oc1ccc2c(c1)OCCC2.Oc1cccc(O)c1. The van der Waals surface area contributed by atoms with Crippen LogP contribution in [0.5, 0.6) is 103 Å². The quantitative estimate of drug-likeness (QED) is 0.0135. The van der Waals surface area contributed by atoms with Crippen LogP contribution < -0.4 is 70.3 Å². The molecule has 9 aromatic carbocycles. The van der Waals surface area contributed by atoms with E-state index >= 15 is 0 Å². The number of hydrogen-bond acceptors (Lipinski definition) is 30. The Bertz CT molecular complexity index is 5350. The highest BCUT2D eigenvalue weighted by atomic mass is 35.5. The third kappa shape index (κ3) is 26.4. The largest absolute Gasteiger partial charge is 0.508 e. The number of nitrogens with two attached hydrogens (primary N) is 2. The zero-order valence-electron chi connectivity index (χ0n) is 64.0. The zero-order chi connectivity index (χ0) is 85.7. The number of aryl methyl sites for hydroxylation is 3. The molecule has 37 heteroatoms. The molecule has 0 fully saturated rings. The van der Waals surface area contributed by atoms with Gasteiger partial charge in [-0.1, -0.05) is 24.4 Å². The number of nitrogens with zero attached hydrogens (tertiary/aromatic N) is 4. The number of primary amides is 2. The molecule has 0 unspecified atom stereocenters. The number of aromatic hydroxyl groups is 8. The van der Waals surface area contributed by atoms with Gasteiger partial charge in [-0.15, -0.1) is 33.4 Å². The number of hydrogen-bond donors (Lipinski definition) is 13. The molecule has 0 aliphatic carbocycles. The van der Waals surface area contributed by atoms with Crippen molar-refractivity contribution in [2.75, 3.05) is 63.9 Å². The van der Waals surface area contributed by atoms with Gasteiger partial charge < -0.3 is 116 Å². The average Bonchev–Trinajstić information content (AvgIpc) is 1.76. The Morgan fingerprint density at radius 2 is 1.01 bits per heavy atom. The van der Waals surface area contributed by atoms with E-state index in [2.05, 4.69) is 21.2 Å². The topological polar surface area (TPSA) is 530 Å². The van der Waals surface area contributed by atoms with Crippen LogP contribution in [0.3, 0.4) is 0 Å². The predicted octanol–water partition coefficient (Wildman–Crippen LogP) is 13.0. The van der Waals surface area contributed by atoms with Crippen molar-refractivity contribution < 1.29 is 122 Å². The van der Waals surface area contributed by atoms with E-state index in [1.165, 1.54) is 52.6 Å². The molecule has 0 spiro atoms. The van der Waals surface area contributed by atoms with Crippen LogP contribution in [0.4, 0.5) is 5.69 Å². The fourth-order valence-corrected chi connectivity index (χ4v) is 12.3. The minimum Gasteiger partial charge on any atom is -0.508 e. The fraction of sp³-hybridized carbons (Fsp3) is 0.229. The average molecular weight is 1730 g/mol. The highest BCUT2D eigenvalue weighted by Crippen LogP contribution is 2.42. The highest BCUT2D eigenvalue weighted by Gasteiger charge is 2.27. The lowest BCUT2D eigenvalue weighted by atomic mass is 10.0. The molecule has 17 N–H and O–H groups in total. The lowest BCUT2D eigenvalue weighted by Gasteiger charge is -2.19. The van der Waals surface area contributed by atoms with E-state index in [0.717, 1.165) is 120 Å². The molecule has 0 atom stereocenters. The number of rotatable bonds is 12. The molecule has 0 bridgehead atoms. The summed E-state index contributed by atoms with van der Waals surface area (Å²) in [5, 5.41) is 104. The maximum absolute atomic E-state index is 12.0. The van der Waals surface area contributed by atoms with E-state index in [-0.39, 0.29) is 120 Å². The molecule has 2 amide bonds. The summed E-state index contributed by atoms with van der Waals surface area (Å²) in [7, 11) is 0. The number of carboxylic acids is 1. The molecule has 0 saturated carbocycles. The van der Waals surface area contributed by atoms with Gasteiger partial charge in [-0.25, -0.2) is 0 Å². The molecule has 0 radical (unpaired) electrons. The number of aromatic nitrogens is 3. The van der Waals surface area contributed by atoms with Crippen LogP contribution in [-0.4, -0.2) is 159 Å². The number of amides is 2. The number of ketones is 3. The molecular weight excluding hydrogens is 1640 g/mol. The smallest absolute Gasteiger partial charge is 0.304 e. The van der Waals surface area contributed by atoms with Crippen molar-refractivity contribution >= 4 is 93.0 Å². The maximum atomic E-state index is 12.0. The number of phenols is 8. The first-order valence-electron chi connectivity index (χ1n) is 36.1. The van der Waals surface area contributed by atoms with Crippen LogP contribution in [0.25, 0.3) is 17.1 Å². The van der Waals surface area contributed by atoms with Gasteiger partial charge in [0.05, 0.1) is 60.8 Å². The van der Waals surface area contributed by atoms with Crippen molar-refractivity contribution in [3.63, 3.8) is 0 Å². The van der Waals surface area contributed by atoms with Gasteiger partial charge in [0.1, 0.15) is 79.4 Å². The van der Waals surface area contributed by atoms with E-state index in [0.29, 0.717) is 88.2 Å². The number of thiocyanates is 1. The summed E-state index contributed by atoms with van der Waals surface area (Å²) in [6.45, 7) is 4.25. The number of phenolic OH excluding ortho intramolecular Hbond substituents is 8. The number of carboxylic acid groups (broad SMARTS) is 1. The summed E-state index contributed by atoms with van der Waals surface area (Å²) < 4.78 is 54.8. The van der Waals surface area contributed by atoms with Crippen molar-refractivity contribution in [2.45, 2.75) is 69.6 Å². The second-order valence-corrected chi connectivity index (χ2v) is 27.5. The van der Waals surface area contributed by atoms with Gasteiger partial charge in [0.15, 0.2) is 51.9 Å². The number of anilines is 1. The molecule has 7 aliphatic heterocycles. The minimum absolute atomic E-state index is 0. The molecule has 7 aliphatic rings. The molecular formula is C83H82Cl2N8O25S2. The monoisotopic (exact) mass is 1720 g/mol. The number of fused-ring (bicyclic) bond motifs is 7. The van der Waals surface area contributed by atoms with Crippen LogP contribution in [0.2, 0.25) is 0 Å². The molecule has 8 heterocycles. The Morgan fingerprint density at radius 3 is 1.57 bits per heavy atom. The molecule has 630 valence electrons. The van der Waals surface area contributed by atoms with Crippen molar-refractivity contribution in [3.05, 3.63) is 197 Å². The number of thiocarbonyl (C=S) groups is 1. The standard InChI is InChI=1S/C19H16N4O5.C17H15NO4S.C9H9ClO3.C9H8O3.C9H10O2.C8H5NO2S.C6H6O2.C3H5ClO2.C3H5NO2.H3N/c20-17(25)19-22-21-18(12-6-10-2-1-5-26-15(10)8-13(12)24)23(19)11-3-4-14-16(7-11)28-9-27-14;19-13-8-15-10(2-1-5-20-15)6-12(13)17(23)18-11-3-4-14-16(7-11)22-9-21-14;10-4-3-8(12)7-2-1-6(11)5-9(7)13;10-6-1-2-7-8(11)3-4-12-9(7)5-6;10-8-4-3-7-2-1-5-11-9(7)6-8;9-4-12-6-1-2-7-8(3-6)11-5-10-7;7-5-2-1-3-6(8)4-5;4-2-1-3(5)6;1-2(5)3(4)6;/h3-4,6-8,24H,1-2,5,9H2,(H2,20,25);3-4,6-8,19H,1-2,5,9H2,(H,18,23);1-2,5,11,13H,3-4H2;1-2,5,10H,3-4H2;3-4,6,10H,1-2,5H2;1-3H,5H2;1-4,7-8H;1-2H2,(H,5,6);1H3,(H2,4,6);1H3. The van der Waals surface area contributed by atoms with E-state index in [9.17, 15) is 44.1 Å². The van der Waals surface area contributed by atoms with Crippen LogP contribution in [0.1, 0.15) is 99.0 Å². The number of benzene rings is 9. The van der Waals surface area contributed by atoms with E-state index < -0.39 is 23.6 Å². The third-order valence-electron chi connectivity index (χ3n) is 17.0. The number of carbonyl (C=O) groups is 6. The van der Waals surface area contributed by atoms with Crippen LogP contribution in [0, 0.1) is 10.7 Å². The zero-order valence-corrected chi connectivity index (χ0v) is 67.2. The molecule has 10 aromatic rings. The summed E-state index contributed by atoms with van der Waals surface area (Å²) in [4.78, 5) is 64.5. The molecule has 17 rings (SSSR count). The normalized spacial score (nSPS) is 12.8. The van der Waals surface area contributed by atoms with Gasteiger partial charge in [-0.3, -0.25) is 33.3 Å². The second kappa shape index (κ2) is 45.1. The van der Waals surface area contributed by atoms with Crippen LogP contribution in [0.15, 0.2) is 163 Å². The minimum atomic E-state index is -0.880. The van der Waals surface area contributed by atoms with E-state index in [1.807, 2.05) is 53.9 Å². The first-order valence-corrected chi connectivity index (χ1v) is 38.4. The first kappa shape index (κ1) is 91.7. The Balaban J connectivity index is 0.000000176. The summed E-state index contributed by atoms with van der Waals surface area (Å²) >= 11 is 16.9. The number of thioether (sulfide) groups is 1. The van der Waals surface area contributed by atoms with Gasteiger partial charge in [0, 0.05) is 90.6 Å². The fourth-order valence-electron chi connectivity index (χ4n) is 11.3. The summed E-state index contributed by atoms with van der Waals surface area (Å²) in [6.07, 6.45) is 6.42. The number of nitrogens with one attached hydrogen (secondary N) is 1. The van der Waals surface area contributed by atoms with Crippen LogP contribution in [-0.2, 0) is 33.6 Å². The second-order valence-electron chi connectivity index (χ2n) is 25.5. The van der Waals surface area contributed by atoms with Gasteiger partial charge in [-0.05, 0) is 164 Å². The van der Waals surface area contributed by atoms with Gasteiger partial charge in [0.2, 0.25) is 32.0 Å². The number of nitriles is 1. The molecule has 120 heavy (non-hydrogen) atoms. The van der Waals surface area contributed by atoms with Gasteiger partial charge in [-0.2, -0.15) is 5.26 Å². The number of halogens is 2. The molecule has 1 aromatic heterocycles. The Labute approximate surface area is 705 Å². The Hall–Kier alpha value is -13.8. The number of carbonyl (C=O) groups excluding carboxylic acids is 5. The number of Topliss-reactive ketones (excluding diaryl/α,β-unsaturated/α-hetero) is 3. The van der Waals surface area contributed by atoms with Crippen LogP contribution >= 0.6 is 47.2 Å². The van der Waals surface area contributed by atoms with E-state index in [4.69, 9.17) is 124 Å². The maximum Gasteiger partial charge on any atom is 0.304 e. The first-order chi connectivity index (χ1) is 57.2. The summed E-state index contributed by atoms with van der Waals surface area (Å²) in [5.41, 5.74) is 16.3. The summed E-state index contributed by atoms with van der Waals surface area (Å²) in [5.74, 6) is 4.58. The number of aliphatic carboxylic acids is 1. The Morgan fingerprint density at radius 1 is 0.508 bits per heavy atom. The molecule has 0 saturated heterocycles. The van der Waals surface area contributed by atoms with Gasteiger partial charge in [0.25, 0.3) is 11.8 Å². The van der Waals surface area contributed by atoms with E-state index in [1.54, 1.807) is 60.7 Å². The molecule has 33 nitrogen and oxygen atoms in total. The lowest BCUT2D eigenvalue weighted by Crippen LogP contribution is -2.19. The third-order valence-corrected chi connectivity index (χ3v) is 18.3. The van der Waals surface area contributed by atoms with Crippen molar-refractivity contribution in [1.82, 2.24) is 20.9 Å². The number of alkyl halides is 2. The lowest BCUT2D eigenvalue weighted by molar-refractivity contribution is -0.136. The number of ether oxygens (including phenoxy) is 10. The summed E-state index contributed by atoms with van der Waals surface area (Å²) in [6, 6.07) is 42.6. The van der Waals surface area contributed by atoms with Crippen molar-refractivity contribution in [2.24, 2.45) is 11.5 Å². The Kier molecular flexibility index (Phi) is 34.5. The van der Waals surface area contributed by atoms with Crippen molar-refractivity contribution in [3.8, 4) is 126 Å². The van der Waals surface area contributed by atoms with Gasteiger partial charge >= 0.3 is 5.97 Å².